The number of rotatable bonds is 11. The molecule has 102 valence electrons. The lowest BCUT2D eigenvalue weighted by Crippen LogP contribution is -2.35. The average Bonchev–Trinajstić information content (AvgIpc) is 2.26. The van der Waals surface area contributed by atoms with Gasteiger partial charge in [0.25, 0.3) is 0 Å². The van der Waals surface area contributed by atoms with Crippen LogP contribution in [0, 0.1) is 0 Å². The summed E-state index contributed by atoms with van der Waals surface area (Å²) in [6.45, 7) is 2.23. The molecule has 0 spiro atoms. The summed E-state index contributed by atoms with van der Waals surface area (Å²) in [5, 5.41) is 9.00. The number of nitrogens with zero attached hydrogens (tertiary/aromatic N) is 1. The summed E-state index contributed by atoms with van der Waals surface area (Å²) in [5.41, 5.74) is 0. The largest absolute Gasteiger partial charge is 0.480 e. The maximum atomic E-state index is 10.9. The van der Waals surface area contributed by atoms with Crippen molar-refractivity contribution < 1.29 is 9.90 Å². The third-order valence-corrected chi connectivity index (χ3v) is 3.24. The van der Waals surface area contributed by atoms with Crippen LogP contribution in [0.5, 0.6) is 0 Å². The van der Waals surface area contributed by atoms with Gasteiger partial charge in [-0.3, -0.25) is 9.69 Å². The molecule has 0 saturated carbocycles. The highest BCUT2D eigenvalue weighted by Crippen LogP contribution is 2.12. The summed E-state index contributed by atoms with van der Waals surface area (Å²) >= 11 is 0. The van der Waals surface area contributed by atoms with E-state index in [9.17, 15) is 4.79 Å². The van der Waals surface area contributed by atoms with E-state index in [1.165, 1.54) is 44.9 Å². The van der Waals surface area contributed by atoms with Gasteiger partial charge in [0.15, 0.2) is 0 Å². The second-order valence-corrected chi connectivity index (χ2v) is 5.08. The van der Waals surface area contributed by atoms with Gasteiger partial charge in [-0.05, 0) is 20.5 Å². The normalized spacial score (nSPS) is 12.9. The van der Waals surface area contributed by atoms with Gasteiger partial charge in [-0.1, -0.05) is 58.3 Å². The van der Waals surface area contributed by atoms with Crippen molar-refractivity contribution in [2.45, 2.75) is 70.8 Å². The van der Waals surface area contributed by atoms with Crippen molar-refractivity contribution in [2.75, 3.05) is 14.1 Å². The number of carbonyl (C=O) groups is 1. The molecule has 0 aromatic heterocycles. The Hall–Kier alpha value is -0.570. The Bertz CT molecular complexity index is 193. The molecule has 17 heavy (non-hydrogen) atoms. The molecule has 0 rings (SSSR count). The SMILES string of the molecule is CCCCCCCCCCC(C(=O)O)N(C)C. The van der Waals surface area contributed by atoms with Crippen molar-refractivity contribution in [2.24, 2.45) is 0 Å². The Morgan fingerprint density at radius 2 is 1.47 bits per heavy atom. The lowest BCUT2D eigenvalue weighted by atomic mass is 10.0. The Balaban J connectivity index is 3.40. The fraction of sp³-hybridized carbons (Fsp3) is 0.929. The molecule has 0 saturated heterocycles. The summed E-state index contributed by atoms with van der Waals surface area (Å²) in [6.07, 6.45) is 10.9. The number of carboxylic acids is 1. The quantitative estimate of drug-likeness (QED) is 0.564. The van der Waals surface area contributed by atoms with Gasteiger partial charge in [-0.15, -0.1) is 0 Å². The van der Waals surface area contributed by atoms with Crippen molar-refractivity contribution in [1.82, 2.24) is 4.90 Å². The molecule has 3 heteroatoms. The Morgan fingerprint density at radius 1 is 1.00 bits per heavy atom. The minimum Gasteiger partial charge on any atom is -0.480 e. The topological polar surface area (TPSA) is 40.5 Å². The third kappa shape index (κ3) is 9.16. The van der Waals surface area contributed by atoms with Gasteiger partial charge in [0.2, 0.25) is 0 Å². The van der Waals surface area contributed by atoms with Crippen LogP contribution in [0.4, 0.5) is 0 Å². The lowest BCUT2D eigenvalue weighted by molar-refractivity contribution is -0.142. The molecular formula is C14H29NO2. The van der Waals surface area contributed by atoms with Crippen LogP contribution >= 0.6 is 0 Å². The van der Waals surface area contributed by atoms with Crippen molar-refractivity contribution in [3.63, 3.8) is 0 Å². The van der Waals surface area contributed by atoms with Gasteiger partial charge in [-0.2, -0.15) is 0 Å². The van der Waals surface area contributed by atoms with Gasteiger partial charge in [0.05, 0.1) is 0 Å². The van der Waals surface area contributed by atoms with Crippen molar-refractivity contribution in [1.29, 1.82) is 0 Å². The average molecular weight is 243 g/mol. The molecule has 1 N–H and O–H groups in total. The first-order valence-electron chi connectivity index (χ1n) is 6.98. The Kier molecular flexibility index (Phi) is 10.2. The van der Waals surface area contributed by atoms with E-state index in [4.69, 9.17) is 5.11 Å². The highest BCUT2D eigenvalue weighted by atomic mass is 16.4. The van der Waals surface area contributed by atoms with Crippen molar-refractivity contribution in [3.05, 3.63) is 0 Å². The smallest absolute Gasteiger partial charge is 0.320 e. The summed E-state index contributed by atoms with van der Waals surface area (Å²) in [5.74, 6) is -0.696. The number of hydrogen-bond donors (Lipinski definition) is 1. The summed E-state index contributed by atoms with van der Waals surface area (Å²) in [6, 6.07) is -0.310. The molecule has 0 fully saturated rings. The van der Waals surface area contributed by atoms with Crippen LogP contribution in [0.25, 0.3) is 0 Å². The first-order chi connectivity index (χ1) is 8.09. The van der Waals surface area contributed by atoms with Gasteiger partial charge < -0.3 is 5.11 Å². The second-order valence-electron chi connectivity index (χ2n) is 5.08. The van der Waals surface area contributed by atoms with E-state index in [1.54, 1.807) is 4.90 Å². The third-order valence-electron chi connectivity index (χ3n) is 3.24. The van der Waals surface area contributed by atoms with E-state index in [0.29, 0.717) is 0 Å². The minimum atomic E-state index is -0.696. The van der Waals surface area contributed by atoms with E-state index in [0.717, 1.165) is 12.8 Å². The molecule has 0 aromatic carbocycles. The Labute approximate surface area is 106 Å². The molecule has 1 unspecified atom stereocenters. The summed E-state index contributed by atoms with van der Waals surface area (Å²) in [4.78, 5) is 12.7. The van der Waals surface area contributed by atoms with Crippen LogP contribution in [-0.4, -0.2) is 36.1 Å². The van der Waals surface area contributed by atoms with Crippen LogP contribution in [0.2, 0.25) is 0 Å². The maximum Gasteiger partial charge on any atom is 0.320 e. The summed E-state index contributed by atoms with van der Waals surface area (Å²) < 4.78 is 0. The molecule has 0 radical (unpaired) electrons. The van der Waals surface area contributed by atoms with Gasteiger partial charge in [-0.25, -0.2) is 0 Å². The first kappa shape index (κ1) is 16.4. The molecule has 0 aliphatic heterocycles. The van der Waals surface area contributed by atoms with Crippen LogP contribution < -0.4 is 0 Å². The van der Waals surface area contributed by atoms with E-state index >= 15 is 0 Å². The van der Waals surface area contributed by atoms with E-state index in [1.807, 2.05) is 14.1 Å². The van der Waals surface area contributed by atoms with Gasteiger partial charge in [0.1, 0.15) is 6.04 Å². The molecule has 0 aliphatic rings. The van der Waals surface area contributed by atoms with Crippen LogP contribution in [0.1, 0.15) is 64.7 Å². The molecule has 0 aromatic rings. The van der Waals surface area contributed by atoms with Crippen LogP contribution in [-0.2, 0) is 4.79 Å². The highest BCUT2D eigenvalue weighted by Gasteiger charge is 2.18. The summed E-state index contributed by atoms with van der Waals surface area (Å²) in [7, 11) is 3.67. The molecule has 0 heterocycles. The van der Waals surface area contributed by atoms with Crippen LogP contribution in [0.15, 0.2) is 0 Å². The highest BCUT2D eigenvalue weighted by molar-refractivity contribution is 5.73. The van der Waals surface area contributed by atoms with E-state index in [2.05, 4.69) is 6.92 Å². The van der Waals surface area contributed by atoms with Crippen molar-refractivity contribution in [3.8, 4) is 0 Å². The number of carboxylic acid groups (broad SMARTS) is 1. The van der Waals surface area contributed by atoms with Gasteiger partial charge >= 0.3 is 5.97 Å². The zero-order valence-corrected chi connectivity index (χ0v) is 11.7. The number of likely N-dealkylation sites (N-methyl/N-ethyl adjacent to an activating group) is 1. The number of aliphatic carboxylic acids is 1. The second kappa shape index (κ2) is 10.6. The molecular weight excluding hydrogens is 214 g/mol. The van der Waals surface area contributed by atoms with E-state index in [-0.39, 0.29) is 6.04 Å². The monoisotopic (exact) mass is 243 g/mol. The molecule has 0 amide bonds. The predicted octanol–water partition coefficient (Wildman–Crippen LogP) is 3.53. The zero-order valence-electron chi connectivity index (χ0n) is 11.7. The number of unbranched alkanes of at least 4 members (excludes halogenated alkanes) is 7. The van der Waals surface area contributed by atoms with Crippen molar-refractivity contribution >= 4 is 5.97 Å². The lowest BCUT2D eigenvalue weighted by Gasteiger charge is -2.19. The predicted molar refractivity (Wildman–Crippen MR) is 72.3 cm³/mol. The minimum absolute atomic E-state index is 0.310. The van der Waals surface area contributed by atoms with E-state index < -0.39 is 5.97 Å². The number of hydrogen-bond acceptors (Lipinski definition) is 2. The molecule has 1 atom stereocenters. The fourth-order valence-corrected chi connectivity index (χ4v) is 2.07. The molecule has 3 nitrogen and oxygen atoms in total. The first-order valence-corrected chi connectivity index (χ1v) is 6.98. The van der Waals surface area contributed by atoms with Gasteiger partial charge in [0, 0.05) is 0 Å². The maximum absolute atomic E-state index is 10.9. The zero-order chi connectivity index (χ0) is 13.1. The molecule has 0 bridgehead atoms. The Morgan fingerprint density at radius 3 is 1.88 bits per heavy atom. The molecule has 0 aliphatic carbocycles. The fourth-order valence-electron chi connectivity index (χ4n) is 2.07. The van der Waals surface area contributed by atoms with Crippen LogP contribution in [0.3, 0.4) is 0 Å². The standard InChI is InChI=1S/C14H29NO2/c1-4-5-6-7-8-9-10-11-12-13(14(16)17)15(2)3/h13H,4-12H2,1-3H3,(H,16,17).